The summed E-state index contributed by atoms with van der Waals surface area (Å²) < 4.78 is 4.89. The Hall–Kier alpha value is -4.80. The Bertz CT molecular complexity index is 2340. The molecule has 3 nitrogen and oxygen atoms in total. The van der Waals surface area contributed by atoms with Crippen LogP contribution in [0.25, 0.3) is 70.4 Å². The van der Waals surface area contributed by atoms with Crippen LogP contribution in [0, 0.1) is 0 Å². The summed E-state index contributed by atoms with van der Waals surface area (Å²) in [5.74, 6) is 0.709. The molecular formula is C37H25N3S. The van der Waals surface area contributed by atoms with Crippen molar-refractivity contribution < 1.29 is 0 Å². The molecule has 3 aromatic heterocycles. The number of fused-ring (bicyclic) bond motifs is 10. The zero-order chi connectivity index (χ0) is 27.3. The second-order valence-corrected chi connectivity index (χ2v) is 12.5. The van der Waals surface area contributed by atoms with Gasteiger partial charge in [0.25, 0.3) is 0 Å². The lowest BCUT2D eigenvalue weighted by atomic mass is 9.81. The molecule has 0 unspecified atom stereocenters. The highest BCUT2D eigenvalue weighted by molar-refractivity contribution is 7.26. The van der Waals surface area contributed by atoms with Crippen molar-refractivity contribution in [2.75, 3.05) is 0 Å². The van der Waals surface area contributed by atoms with Crippen molar-refractivity contribution in [3.63, 3.8) is 0 Å². The second-order valence-electron chi connectivity index (χ2n) is 11.4. The molecule has 0 N–H and O–H groups in total. The molecule has 0 saturated carbocycles. The van der Waals surface area contributed by atoms with E-state index in [1.165, 1.54) is 47.6 Å². The molecule has 41 heavy (non-hydrogen) atoms. The van der Waals surface area contributed by atoms with Crippen LogP contribution in [0.1, 0.15) is 25.0 Å². The third-order valence-corrected chi connectivity index (χ3v) is 9.94. The second kappa shape index (κ2) is 8.12. The van der Waals surface area contributed by atoms with Crippen molar-refractivity contribution in [3.05, 3.63) is 126 Å². The van der Waals surface area contributed by atoms with Crippen molar-refractivity contribution in [1.29, 1.82) is 0 Å². The molecule has 9 rings (SSSR count). The fourth-order valence-corrected chi connectivity index (χ4v) is 8.11. The molecule has 5 aromatic carbocycles. The number of benzene rings is 5. The maximum absolute atomic E-state index is 5.42. The van der Waals surface area contributed by atoms with Crippen LogP contribution in [0.15, 0.2) is 115 Å². The van der Waals surface area contributed by atoms with Crippen LogP contribution in [-0.2, 0) is 5.41 Å². The lowest BCUT2D eigenvalue weighted by Gasteiger charge is -2.24. The van der Waals surface area contributed by atoms with E-state index < -0.39 is 0 Å². The van der Waals surface area contributed by atoms with E-state index >= 15 is 0 Å². The highest BCUT2D eigenvalue weighted by Crippen LogP contribution is 2.51. The minimum Gasteiger partial charge on any atom is -0.278 e. The third-order valence-electron chi connectivity index (χ3n) is 8.80. The van der Waals surface area contributed by atoms with Gasteiger partial charge in [0.15, 0.2) is 0 Å². The van der Waals surface area contributed by atoms with Crippen molar-refractivity contribution in [1.82, 2.24) is 14.5 Å². The van der Waals surface area contributed by atoms with Crippen molar-refractivity contribution in [3.8, 4) is 28.5 Å². The molecule has 0 bridgehead atoms. The number of para-hydroxylation sites is 1. The van der Waals surface area contributed by atoms with Gasteiger partial charge in [-0.1, -0.05) is 105 Å². The number of aromatic nitrogens is 3. The van der Waals surface area contributed by atoms with E-state index in [4.69, 9.17) is 9.97 Å². The Balaban J connectivity index is 1.45. The van der Waals surface area contributed by atoms with Crippen LogP contribution in [-0.4, -0.2) is 14.5 Å². The van der Waals surface area contributed by atoms with Gasteiger partial charge in [-0.15, -0.1) is 11.3 Å². The summed E-state index contributed by atoms with van der Waals surface area (Å²) in [6.45, 7) is 4.60. The summed E-state index contributed by atoms with van der Waals surface area (Å²) >= 11 is 1.86. The van der Waals surface area contributed by atoms with Crippen LogP contribution in [0.3, 0.4) is 0 Å². The Morgan fingerprint density at radius 1 is 0.585 bits per heavy atom. The van der Waals surface area contributed by atoms with Crippen molar-refractivity contribution >= 4 is 53.3 Å². The minimum absolute atomic E-state index is 0.210. The Morgan fingerprint density at radius 2 is 1.29 bits per heavy atom. The van der Waals surface area contributed by atoms with E-state index in [-0.39, 0.29) is 5.41 Å². The molecule has 194 valence electrons. The molecule has 1 aliphatic carbocycles. The van der Waals surface area contributed by atoms with E-state index in [0.717, 1.165) is 28.0 Å². The number of hydrogen-bond acceptors (Lipinski definition) is 3. The summed E-state index contributed by atoms with van der Waals surface area (Å²) in [5, 5.41) is 5.11. The maximum Gasteiger partial charge on any atom is 0.235 e. The quantitative estimate of drug-likeness (QED) is 0.217. The first kappa shape index (κ1) is 23.0. The summed E-state index contributed by atoms with van der Waals surface area (Å²) in [5.41, 5.74) is 8.87. The molecule has 0 radical (unpaired) electrons. The fraction of sp³-hybridized carbons (Fsp3) is 0.0811. The van der Waals surface area contributed by atoms with Crippen LogP contribution in [0.4, 0.5) is 0 Å². The number of hydrogen-bond donors (Lipinski definition) is 0. The zero-order valence-electron chi connectivity index (χ0n) is 22.7. The number of nitrogens with zero attached hydrogens (tertiary/aromatic N) is 3. The standard InChI is InChI=1S/C37H25N3S/c1-37(2)26-17-9-6-14-23(26)35-33(37)34(22-12-4-3-5-13-22)38-36(39-35)40-27-18-10-7-15-24(27)31-28(40)20-21-30-32(31)25-16-8-11-19-29(25)41-30/h3-21H,1-2H3. The van der Waals surface area contributed by atoms with E-state index in [2.05, 4.69) is 134 Å². The first-order chi connectivity index (χ1) is 20.1. The van der Waals surface area contributed by atoms with Gasteiger partial charge in [-0.05, 0) is 29.8 Å². The highest BCUT2D eigenvalue weighted by atomic mass is 32.1. The SMILES string of the molecule is CC1(C)c2ccccc2-c2nc(-n3c4ccccc4c4c5c(ccc43)sc3ccccc35)nc(-c3ccccc3)c21. The molecular weight excluding hydrogens is 518 g/mol. The van der Waals surface area contributed by atoms with Gasteiger partial charge in [0.05, 0.1) is 22.4 Å². The van der Waals surface area contributed by atoms with E-state index in [9.17, 15) is 0 Å². The van der Waals surface area contributed by atoms with Gasteiger partial charge in [-0.3, -0.25) is 4.57 Å². The lowest BCUT2D eigenvalue weighted by Crippen LogP contribution is -2.18. The van der Waals surface area contributed by atoms with Gasteiger partial charge in [-0.25, -0.2) is 9.97 Å². The van der Waals surface area contributed by atoms with Gasteiger partial charge >= 0.3 is 0 Å². The first-order valence-corrected chi connectivity index (χ1v) is 14.8. The zero-order valence-corrected chi connectivity index (χ0v) is 23.5. The molecule has 0 aliphatic heterocycles. The average molecular weight is 544 g/mol. The summed E-state index contributed by atoms with van der Waals surface area (Å²) in [6, 6.07) is 41.2. The van der Waals surface area contributed by atoms with Gasteiger partial charge in [-0.2, -0.15) is 0 Å². The van der Waals surface area contributed by atoms with Gasteiger partial charge in [0.2, 0.25) is 5.95 Å². The van der Waals surface area contributed by atoms with Crippen LogP contribution in [0.5, 0.6) is 0 Å². The smallest absolute Gasteiger partial charge is 0.235 e. The Labute approximate surface area is 241 Å². The van der Waals surface area contributed by atoms with Crippen molar-refractivity contribution in [2.24, 2.45) is 0 Å². The molecule has 4 heteroatoms. The predicted octanol–water partition coefficient (Wildman–Crippen LogP) is 9.91. The highest BCUT2D eigenvalue weighted by Gasteiger charge is 2.40. The maximum atomic E-state index is 5.42. The number of rotatable bonds is 2. The summed E-state index contributed by atoms with van der Waals surface area (Å²) in [4.78, 5) is 10.8. The Morgan fingerprint density at radius 3 is 2.17 bits per heavy atom. The lowest BCUT2D eigenvalue weighted by molar-refractivity contribution is 0.657. The molecule has 3 heterocycles. The van der Waals surface area contributed by atoms with E-state index in [1.807, 2.05) is 11.3 Å². The van der Waals surface area contributed by atoms with Gasteiger partial charge in [0, 0.05) is 53.1 Å². The largest absolute Gasteiger partial charge is 0.278 e. The fourth-order valence-electron chi connectivity index (χ4n) is 7.00. The number of thiophene rings is 1. The molecule has 0 saturated heterocycles. The van der Waals surface area contributed by atoms with E-state index in [0.29, 0.717) is 5.95 Å². The van der Waals surface area contributed by atoms with Gasteiger partial charge < -0.3 is 0 Å². The minimum atomic E-state index is -0.210. The van der Waals surface area contributed by atoms with Crippen LogP contribution in [0.2, 0.25) is 0 Å². The normalized spacial score (nSPS) is 13.8. The van der Waals surface area contributed by atoms with E-state index in [1.54, 1.807) is 0 Å². The van der Waals surface area contributed by atoms with Crippen molar-refractivity contribution in [2.45, 2.75) is 19.3 Å². The van der Waals surface area contributed by atoms with Crippen LogP contribution >= 0.6 is 11.3 Å². The monoisotopic (exact) mass is 543 g/mol. The predicted molar refractivity (Wildman–Crippen MR) is 172 cm³/mol. The summed E-state index contributed by atoms with van der Waals surface area (Å²) in [6.07, 6.45) is 0. The topological polar surface area (TPSA) is 30.7 Å². The molecule has 1 aliphatic rings. The average Bonchev–Trinajstić information content (AvgIpc) is 3.63. The molecule has 0 amide bonds. The van der Waals surface area contributed by atoms with Crippen LogP contribution < -0.4 is 0 Å². The molecule has 0 spiro atoms. The third kappa shape index (κ3) is 3.03. The molecule has 8 aromatic rings. The summed E-state index contributed by atoms with van der Waals surface area (Å²) in [7, 11) is 0. The molecule has 0 atom stereocenters. The van der Waals surface area contributed by atoms with Gasteiger partial charge in [0.1, 0.15) is 0 Å². The Kier molecular flexibility index (Phi) is 4.55. The first-order valence-electron chi connectivity index (χ1n) is 14.0. The molecule has 0 fully saturated rings.